The predicted molar refractivity (Wildman–Crippen MR) is 48.0 cm³/mol. The highest BCUT2D eigenvalue weighted by molar-refractivity contribution is 9.11. The summed E-state index contributed by atoms with van der Waals surface area (Å²) in [6, 6.07) is 0.800. The fraction of sp³-hybridized carbons (Fsp3) is 0.167. The number of hydrogen-bond acceptors (Lipinski definition) is 3. The van der Waals surface area contributed by atoms with Crippen molar-refractivity contribution in [3.8, 4) is 11.5 Å². The summed E-state index contributed by atoms with van der Waals surface area (Å²) < 4.78 is 38.8. The van der Waals surface area contributed by atoms with Crippen LogP contribution in [-0.4, -0.2) is 16.5 Å². The second-order valence-corrected chi connectivity index (χ2v) is 3.64. The topological polar surface area (TPSA) is 42.4 Å². The summed E-state index contributed by atoms with van der Waals surface area (Å²) in [5, 5.41) is 9.04. The Hall–Kier alpha value is -0.500. The molecule has 0 spiro atoms. The molecule has 0 bridgehead atoms. The van der Waals surface area contributed by atoms with E-state index in [9.17, 15) is 13.2 Å². The van der Waals surface area contributed by atoms with E-state index < -0.39 is 17.9 Å². The van der Waals surface area contributed by atoms with Gasteiger partial charge in [-0.2, -0.15) is 0 Å². The first-order chi connectivity index (χ1) is 6.29. The van der Waals surface area contributed by atoms with Gasteiger partial charge in [-0.25, -0.2) is 4.98 Å². The first-order valence-corrected chi connectivity index (χ1v) is 4.69. The summed E-state index contributed by atoms with van der Waals surface area (Å²) in [4.78, 5) is 3.52. The van der Waals surface area contributed by atoms with Crippen molar-refractivity contribution in [1.82, 2.24) is 4.98 Å². The van der Waals surface area contributed by atoms with E-state index in [4.69, 9.17) is 5.11 Å². The average Bonchev–Trinajstić information content (AvgIpc) is 1.97. The normalized spacial score (nSPS) is 11.5. The van der Waals surface area contributed by atoms with E-state index in [1.54, 1.807) is 0 Å². The van der Waals surface area contributed by atoms with Crippen molar-refractivity contribution in [3.63, 3.8) is 0 Å². The maximum atomic E-state index is 11.8. The molecule has 78 valence electrons. The van der Waals surface area contributed by atoms with Crippen molar-refractivity contribution in [2.45, 2.75) is 6.36 Å². The number of halogens is 5. The number of aromatic nitrogens is 1. The van der Waals surface area contributed by atoms with Crippen LogP contribution in [0.1, 0.15) is 0 Å². The zero-order valence-corrected chi connectivity index (χ0v) is 9.44. The molecule has 14 heavy (non-hydrogen) atoms. The van der Waals surface area contributed by atoms with Gasteiger partial charge in [0.2, 0.25) is 0 Å². The lowest BCUT2D eigenvalue weighted by Crippen LogP contribution is -2.17. The molecule has 1 heterocycles. The second kappa shape index (κ2) is 3.93. The molecule has 0 saturated carbocycles. The summed E-state index contributed by atoms with van der Waals surface area (Å²) in [6.45, 7) is 0. The Morgan fingerprint density at radius 1 is 1.29 bits per heavy atom. The van der Waals surface area contributed by atoms with E-state index in [-0.39, 0.29) is 9.21 Å². The van der Waals surface area contributed by atoms with Crippen LogP contribution >= 0.6 is 31.9 Å². The molecule has 1 aromatic heterocycles. The molecular weight excluding hydrogens is 335 g/mol. The molecule has 1 N–H and O–H groups in total. The molecule has 0 amide bonds. The van der Waals surface area contributed by atoms with Gasteiger partial charge in [0, 0.05) is 6.07 Å². The van der Waals surface area contributed by atoms with Crippen LogP contribution < -0.4 is 4.74 Å². The summed E-state index contributed by atoms with van der Waals surface area (Å²) in [6.07, 6.45) is -4.82. The molecule has 1 aromatic rings. The molecule has 0 saturated heterocycles. The molecule has 0 aliphatic rings. The summed E-state index contributed by atoms with van der Waals surface area (Å²) in [5.41, 5.74) is 0. The van der Waals surface area contributed by atoms with E-state index in [1.165, 1.54) is 0 Å². The maximum Gasteiger partial charge on any atom is 0.573 e. The molecular formula is C6H2Br2F3NO2. The number of hydrogen-bond donors (Lipinski definition) is 1. The van der Waals surface area contributed by atoms with Gasteiger partial charge >= 0.3 is 6.36 Å². The van der Waals surface area contributed by atoms with Crippen LogP contribution in [0.3, 0.4) is 0 Å². The Balaban J connectivity index is 3.04. The quantitative estimate of drug-likeness (QED) is 0.801. The van der Waals surface area contributed by atoms with E-state index in [1.807, 2.05) is 0 Å². The Morgan fingerprint density at radius 3 is 2.36 bits per heavy atom. The molecule has 3 nitrogen and oxygen atoms in total. The maximum absolute atomic E-state index is 11.8. The molecule has 0 fully saturated rings. The van der Waals surface area contributed by atoms with Crippen LogP contribution in [0.4, 0.5) is 13.2 Å². The molecule has 0 atom stereocenters. The largest absolute Gasteiger partial charge is 0.573 e. The SMILES string of the molecule is Oc1cc(OC(F)(F)F)c(Br)nc1Br. The van der Waals surface area contributed by atoms with Gasteiger partial charge in [-0.1, -0.05) is 0 Å². The molecule has 8 heteroatoms. The molecule has 0 aliphatic heterocycles. The molecule has 0 aliphatic carbocycles. The fourth-order valence-electron chi connectivity index (χ4n) is 0.638. The van der Waals surface area contributed by atoms with Crippen LogP contribution in [0.15, 0.2) is 15.3 Å². The zero-order valence-electron chi connectivity index (χ0n) is 6.27. The predicted octanol–water partition coefficient (Wildman–Crippen LogP) is 3.21. The number of pyridine rings is 1. The van der Waals surface area contributed by atoms with E-state index in [0.29, 0.717) is 0 Å². The summed E-state index contributed by atoms with van der Waals surface area (Å²) >= 11 is 5.59. The summed E-state index contributed by atoms with van der Waals surface area (Å²) in [7, 11) is 0. The lowest BCUT2D eigenvalue weighted by Gasteiger charge is -2.10. The monoisotopic (exact) mass is 335 g/mol. The third kappa shape index (κ3) is 3.02. The third-order valence-corrected chi connectivity index (χ3v) is 2.26. The standard InChI is InChI=1S/C6H2Br2F3NO2/c7-4-2(13)1-3(5(8)12-4)14-6(9,10)11/h1,13H. The molecule has 0 radical (unpaired) electrons. The van der Waals surface area contributed by atoms with Crippen molar-refractivity contribution >= 4 is 31.9 Å². The van der Waals surface area contributed by atoms with Crippen molar-refractivity contribution in [2.24, 2.45) is 0 Å². The lowest BCUT2D eigenvalue weighted by atomic mass is 10.4. The van der Waals surface area contributed by atoms with Gasteiger partial charge in [0.05, 0.1) is 0 Å². The molecule has 1 rings (SSSR count). The minimum absolute atomic E-state index is 0.0268. The fourth-order valence-corrected chi connectivity index (χ4v) is 1.54. The highest BCUT2D eigenvalue weighted by Crippen LogP contribution is 2.35. The van der Waals surface area contributed by atoms with Crippen LogP contribution in [0.25, 0.3) is 0 Å². The summed E-state index contributed by atoms with van der Waals surface area (Å²) in [5.74, 6) is -1.04. The van der Waals surface area contributed by atoms with Gasteiger partial charge in [-0.3, -0.25) is 0 Å². The van der Waals surface area contributed by atoms with Gasteiger partial charge in [0.15, 0.2) is 11.5 Å². The minimum atomic E-state index is -4.82. The van der Waals surface area contributed by atoms with Crippen LogP contribution in [0.2, 0.25) is 0 Å². The number of rotatable bonds is 1. The molecule has 0 unspecified atom stereocenters. The van der Waals surface area contributed by atoms with Crippen molar-refractivity contribution in [2.75, 3.05) is 0 Å². The van der Waals surface area contributed by atoms with Crippen LogP contribution in [0, 0.1) is 0 Å². The Kier molecular flexibility index (Phi) is 3.25. The van der Waals surface area contributed by atoms with Crippen LogP contribution in [0.5, 0.6) is 11.5 Å². The van der Waals surface area contributed by atoms with Gasteiger partial charge in [0.25, 0.3) is 0 Å². The smallest absolute Gasteiger partial charge is 0.505 e. The Bertz CT molecular complexity index is 356. The number of nitrogens with zero attached hydrogens (tertiary/aromatic N) is 1. The number of aromatic hydroxyl groups is 1. The lowest BCUT2D eigenvalue weighted by molar-refractivity contribution is -0.275. The first kappa shape index (κ1) is 11.6. The van der Waals surface area contributed by atoms with Crippen molar-refractivity contribution < 1.29 is 23.0 Å². The van der Waals surface area contributed by atoms with E-state index in [0.717, 1.165) is 6.07 Å². The minimum Gasteiger partial charge on any atom is -0.505 e. The Morgan fingerprint density at radius 2 is 1.86 bits per heavy atom. The highest BCUT2D eigenvalue weighted by Gasteiger charge is 2.32. The first-order valence-electron chi connectivity index (χ1n) is 3.10. The van der Waals surface area contributed by atoms with Gasteiger partial charge < -0.3 is 9.84 Å². The van der Waals surface area contributed by atoms with Crippen molar-refractivity contribution in [1.29, 1.82) is 0 Å². The average molecular weight is 337 g/mol. The van der Waals surface area contributed by atoms with E-state index in [2.05, 4.69) is 41.6 Å². The zero-order chi connectivity index (χ0) is 10.9. The van der Waals surface area contributed by atoms with Gasteiger partial charge in [-0.15, -0.1) is 13.2 Å². The molecule has 0 aromatic carbocycles. The van der Waals surface area contributed by atoms with Crippen LogP contribution in [-0.2, 0) is 0 Å². The number of alkyl halides is 3. The third-order valence-electron chi connectivity index (χ3n) is 1.10. The second-order valence-electron chi connectivity index (χ2n) is 2.14. The van der Waals surface area contributed by atoms with Gasteiger partial charge in [-0.05, 0) is 31.9 Å². The number of ether oxygens (including phenoxy) is 1. The highest BCUT2D eigenvalue weighted by atomic mass is 79.9. The Labute approximate surface area is 93.2 Å². The van der Waals surface area contributed by atoms with E-state index >= 15 is 0 Å². The van der Waals surface area contributed by atoms with Crippen molar-refractivity contribution in [3.05, 3.63) is 15.3 Å². The van der Waals surface area contributed by atoms with Gasteiger partial charge in [0.1, 0.15) is 9.21 Å².